The zero-order chi connectivity index (χ0) is 26.9. The highest BCUT2D eigenvalue weighted by Crippen LogP contribution is 2.22. The van der Waals surface area contributed by atoms with Crippen LogP contribution in [-0.2, 0) is 9.59 Å². The summed E-state index contributed by atoms with van der Waals surface area (Å²) in [5.41, 5.74) is 2.53. The number of nitrogens with zero attached hydrogens (tertiary/aromatic N) is 2. The molecule has 0 spiro atoms. The minimum absolute atomic E-state index is 0.352. The van der Waals surface area contributed by atoms with E-state index in [2.05, 4.69) is 102 Å². The van der Waals surface area contributed by atoms with Gasteiger partial charge < -0.3 is 19.8 Å². The molecule has 0 saturated heterocycles. The molecule has 0 amide bonds. The number of rotatable bonds is 10. The van der Waals surface area contributed by atoms with Crippen LogP contribution in [-0.4, -0.2) is 51.2 Å². The minimum Gasteiger partial charge on any atom is -0.545 e. The van der Waals surface area contributed by atoms with E-state index in [1.807, 2.05) is 0 Å². The zero-order valence-electron chi connectivity index (χ0n) is 22.6. The lowest BCUT2D eigenvalue weighted by molar-refractivity contribution is -0.302. The van der Waals surface area contributed by atoms with E-state index in [1.54, 1.807) is 0 Å². The lowest BCUT2D eigenvalue weighted by Crippen LogP contribution is -2.48. The van der Waals surface area contributed by atoms with Crippen LogP contribution >= 0.6 is 0 Å². The number of carboxylic acids is 2. The van der Waals surface area contributed by atoms with Crippen molar-refractivity contribution in [1.29, 1.82) is 0 Å². The zero-order valence-corrected chi connectivity index (χ0v) is 22.6. The summed E-state index contributed by atoms with van der Waals surface area (Å²) in [6.45, 7) is 21.8. The first-order chi connectivity index (χ1) is 16.6. The van der Waals surface area contributed by atoms with Gasteiger partial charge in [0.15, 0.2) is 0 Å². The van der Waals surface area contributed by atoms with E-state index < -0.39 is 11.9 Å². The molecule has 0 atom stereocenters. The fraction of sp³-hybridized carbons (Fsp3) is 0.448. The van der Waals surface area contributed by atoms with E-state index in [-0.39, 0.29) is 5.57 Å². The summed E-state index contributed by atoms with van der Waals surface area (Å²) >= 11 is 0. The molecule has 0 radical (unpaired) electrons. The van der Waals surface area contributed by atoms with Gasteiger partial charge in [0.25, 0.3) is 0 Å². The van der Waals surface area contributed by atoms with Crippen LogP contribution < -0.4 is 19.2 Å². The highest BCUT2D eigenvalue weighted by atomic mass is 16.4. The maximum atomic E-state index is 9.76. The molecule has 2 aromatic rings. The topological polar surface area (TPSA) is 80.3 Å². The van der Waals surface area contributed by atoms with E-state index in [9.17, 15) is 19.8 Å². The van der Waals surface area contributed by atoms with Crippen molar-refractivity contribution in [3.8, 4) is 0 Å². The number of para-hydroxylation sites is 2. The Morgan fingerprint density at radius 1 is 0.629 bits per heavy atom. The summed E-state index contributed by atoms with van der Waals surface area (Å²) in [6.07, 6.45) is 0.468. The predicted molar refractivity (Wildman–Crippen MR) is 143 cm³/mol. The molecule has 6 nitrogen and oxygen atoms in total. The third-order valence-corrected chi connectivity index (χ3v) is 6.90. The maximum absolute atomic E-state index is 9.76. The van der Waals surface area contributed by atoms with Gasteiger partial charge in [-0.05, 0) is 84.4 Å². The fourth-order valence-corrected chi connectivity index (χ4v) is 4.16. The molecule has 2 rings (SSSR count). The third kappa shape index (κ3) is 10.0. The number of hydrogen-bond acceptors (Lipinski definition) is 4. The van der Waals surface area contributed by atoms with E-state index in [0.717, 1.165) is 15.9 Å². The van der Waals surface area contributed by atoms with Crippen molar-refractivity contribution < 1.29 is 19.8 Å². The smallest absolute Gasteiger partial charge is 0.132 e. The van der Waals surface area contributed by atoms with E-state index in [0.29, 0.717) is 6.08 Å². The van der Waals surface area contributed by atoms with Crippen LogP contribution in [0.2, 0.25) is 0 Å². The van der Waals surface area contributed by atoms with Gasteiger partial charge in [-0.15, -0.1) is 0 Å². The summed E-state index contributed by atoms with van der Waals surface area (Å²) < 4.78 is 2.20. The van der Waals surface area contributed by atoms with E-state index >= 15 is 0 Å². The normalized spacial score (nSPS) is 11.5. The number of hydrogen-bond donors (Lipinski definition) is 0. The van der Waals surface area contributed by atoms with Crippen molar-refractivity contribution in [3.63, 3.8) is 0 Å². The van der Waals surface area contributed by atoms with E-state index in [1.165, 1.54) is 50.6 Å². The van der Waals surface area contributed by atoms with Gasteiger partial charge >= 0.3 is 0 Å². The first kappa shape index (κ1) is 32.0. The molecule has 0 aliphatic heterocycles. The monoisotopic (exact) mass is 484 g/mol. The van der Waals surface area contributed by atoms with Crippen molar-refractivity contribution in [2.75, 3.05) is 39.3 Å². The summed E-state index contributed by atoms with van der Waals surface area (Å²) in [7, 11) is 0. The van der Waals surface area contributed by atoms with E-state index in [4.69, 9.17) is 0 Å². The molecule has 0 bridgehead atoms. The second kappa shape index (κ2) is 16.6. The molecule has 0 fully saturated rings. The first-order valence-corrected chi connectivity index (χ1v) is 12.6. The standard InChI is InChI=1S/2C12H20N.C5H6O4/c2*1-4-13(5-2,6-3)12-10-8-7-9-11-12;1-3(5(8)9)2-4(6)7/h2*7-11H,4-6H2,1-3H3;2H,1H3,(H,6,7)(H,8,9)/q2*+1;/p-2/b;;3-2-. The molecule has 2 aromatic carbocycles. The molecule has 0 aromatic heterocycles. The van der Waals surface area contributed by atoms with Gasteiger partial charge in [0, 0.05) is 0 Å². The van der Waals surface area contributed by atoms with Crippen LogP contribution in [0.3, 0.4) is 0 Å². The van der Waals surface area contributed by atoms with Gasteiger partial charge in [-0.1, -0.05) is 36.4 Å². The maximum Gasteiger partial charge on any atom is 0.132 e. The number of benzene rings is 2. The largest absolute Gasteiger partial charge is 0.545 e. The minimum atomic E-state index is -1.53. The molecular weight excluding hydrogens is 440 g/mol. The quantitative estimate of drug-likeness (QED) is 0.382. The molecule has 0 aliphatic carbocycles. The van der Waals surface area contributed by atoms with Gasteiger partial charge in [-0.3, -0.25) is 8.97 Å². The average Bonchev–Trinajstić information content (AvgIpc) is 2.89. The van der Waals surface area contributed by atoms with Gasteiger partial charge in [0.05, 0.1) is 51.2 Å². The summed E-state index contributed by atoms with van der Waals surface area (Å²) in [5, 5.41) is 19.4. The van der Waals surface area contributed by atoms with Crippen molar-refractivity contribution in [1.82, 2.24) is 8.97 Å². The average molecular weight is 485 g/mol. The van der Waals surface area contributed by atoms with Gasteiger partial charge in [-0.2, -0.15) is 0 Å². The Labute approximate surface area is 212 Å². The molecule has 0 saturated carbocycles. The molecule has 0 heterocycles. The predicted octanol–water partition coefficient (Wildman–Crippen LogP) is 3.54. The molecule has 6 heteroatoms. The molecular formula is C29H44N2O4. The second-order valence-corrected chi connectivity index (χ2v) is 8.29. The lowest BCUT2D eigenvalue weighted by atomic mass is 10.2. The van der Waals surface area contributed by atoms with Gasteiger partial charge in [0.1, 0.15) is 11.4 Å². The molecule has 0 aliphatic rings. The van der Waals surface area contributed by atoms with Crippen LogP contribution in [0, 0.1) is 0 Å². The first-order valence-electron chi connectivity index (χ1n) is 12.6. The summed E-state index contributed by atoms with van der Waals surface area (Å²) in [5.74, 6) is -3.03. The van der Waals surface area contributed by atoms with Gasteiger partial charge in [-0.25, -0.2) is 0 Å². The number of carbonyl (C=O) groups is 2. The SMILES string of the molecule is C/C(=C/C(=O)[O-])C(=O)[O-].CC[N+](CC)(CC)c1ccccc1.CC[N+](CC)(CC)c1ccccc1. The highest BCUT2D eigenvalue weighted by Gasteiger charge is 2.24. The van der Waals surface area contributed by atoms with Crippen molar-refractivity contribution in [3.05, 3.63) is 72.3 Å². The van der Waals surface area contributed by atoms with Crippen LogP contribution in [0.1, 0.15) is 48.5 Å². The molecule has 0 N–H and O–H groups in total. The second-order valence-electron chi connectivity index (χ2n) is 8.29. The summed E-state index contributed by atoms with van der Waals surface area (Å²) in [4.78, 5) is 19.4. The highest BCUT2D eigenvalue weighted by molar-refractivity contribution is 5.92. The molecule has 0 unspecified atom stereocenters. The Morgan fingerprint density at radius 2 is 0.914 bits per heavy atom. The lowest BCUT2D eigenvalue weighted by Gasteiger charge is -2.35. The van der Waals surface area contributed by atoms with Crippen molar-refractivity contribution in [2.45, 2.75) is 48.5 Å². The Balaban J connectivity index is 0.000000506. The number of quaternary nitrogens is 2. The summed E-state index contributed by atoms with van der Waals surface area (Å²) in [6, 6.07) is 21.6. The number of carboxylic acid groups (broad SMARTS) is 2. The Bertz CT molecular complexity index is 815. The Morgan fingerprint density at radius 3 is 1.09 bits per heavy atom. The molecule has 194 valence electrons. The number of carbonyl (C=O) groups excluding carboxylic acids is 2. The molecule has 35 heavy (non-hydrogen) atoms. The fourth-order valence-electron chi connectivity index (χ4n) is 4.16. The Kier molecular flexibility index (Phi) is 15.2. The van der Waals surface area contributed by atoms with Crippen molar-refractivity contribution >= 4 is 23.3 Å². The Hall–Kier alpha value is -2.96. The van der Waals surface area contributed by atoms with Crippen molar-refractivity contribution in [2.24, 2.45) is 0 Å². The van der Waals surface area contributed by atoms with Crippen LogP contribution in [0.4, 0.5) is 11.4 Å². The van der Waals surface area contributed by atoms with Crippen LogP contribution in [0.15, 0.2) is 72.3 Å². The van der Waals surface area contributed by atoms with Crippen LogP contribution in [0.25, 0.3) is 0 Å². The third-order valence-electron chi connectivity index (χ3n) is 6.90. The number of aliphatic carboxylic acids is 2. The van der Waals surface area contributed by atoms with Crippen LogP contribution in [0.5, 0.6) is 0 Å². The van der Waals surface area contributed by atoms with Gasteiger partial charge in [0.2, 0.25) is 0 Å².